The van der Waals surface area contributed by atoms with Gasteiger partial charge < -0.3 is 15.4 Å². The summed E-state index contributed by atoms with van der Waals surface area (Å²) in [4.78, 5) is 11.4. The maximum Gasteiger partial charge on any atom is 0.224 e. The van der Waals surface area contributed by atoms with Gasteiger partial charge in [-0.3, -0.25) is 4.79 Å². The molecule has 0 aromatic rings. The maximum atomic E-state index is 11.4. The fourth-order valence-electron chi connectivity index (χ4n) is 1.09. The number of amides is 1. The summed E-state index contributed by atoms with van der Waals surface area (Å²) in [5.41, 5.74) is 0. The van der Waals surface area contributed by atoms with Crippen LogP contribution in [-0.2, 0) is 9.53 Å². The first kappa shape index (κ1) is 12.4. The van der Waals surface area contributed by atoms with Crippen LogP contribution in [0.3, 0.4) is 0 Å². The SMILES string of the molecule is CCC(CNC)C(=O)NCCOC. The van der Waals surface area contributed by atoms with Gasteiger partial charge in [-0.15, -0.1) is 0 Å². The predicted molar refractivity (Wildman–Crippen MR) is 52.6 cm³/mol. The lowest BCUT2D eigenvalue weighted by Gasteiger charge is -2.13. The molecule has 0 fully saturated rings. The number of carbonyl (C=O) groups is 1. The van der Waals surface area contributed by atoms with Crippen LogP contribution in [0.4, 0.5) is 0 Å². The first-order valence-electron chi connectivity index (χ1n) is 4.67. The summed E-state index contributed by atoms with van der Waals surface area (Å²) in [6, 6.07) is 0. The van der Waals surface area contributed by atoms with Crippen LogP contribution in [-0.4, -0.2) is 39.8 Å². The van der Waals surface area contributed by atoms with Crippen LogP contribution in [0.25, 0.3) is 0 Å². The van der Waals surface area contributed by atoms with Crippen molar-refractivity contribution >= 4 is 5.91 Å². The molecule has 0 saturated carbocycles. The highest BCUT2D eigenvalue weighted by molar-refractivity contribution is 5.78. The van der Waals surface area contributed by atoms with Gasteiger partial charge in [0.25, 0.3) is 0 Å². The predicted octanol–water partition coefficient (Wildman–Crippen LogP) is -0.00540. The van der Waals surface area contributed by atoms with E-state index in [1.54, 1.807) is 7.11 Å². The molecule has 2 N–H and O–H groups in total. The minimum absolute atomic E-state index is 0.0712. The number of methoxy groups -OCH3 is 1. The molecule has 0 radical (unpaired) electrons. The Labute approximate surface area is 80.0 Å². The smallest absolute Gasteiger partial charge is 0.224 e. The highest BCUT2D eigenvalue weighted by Crippen LogP contribution is 1.99. The van der Waals surface area contributed by atoms with E-state index >= 15 is 0 Å². The van der Waals surface area contributed by atoms with E-state index in [0.717, 1.165) is 13.0 Å². The molecule has 0 aliphatic rings. The Bertz CT molecular complexity index is 140. The van der Waals surface area contributed by atoms with Crippen LogP contribution in [0.1, 0.15) is 13.3 Å². The van der Waals surface area contributed by atoms with Crippen molar-refractivity contribution in [3.8, 4) is 0 Å². The van der Waals surface area contributed by atoms with Gasteiger partial charge in [0.2, 0.25) is 5.91 Å². The fourth-order valence-corrected chi connectivity index (χ4v) is 1.09. The van der Waals surface area contributed by atoms with Gasteiger partial charge in [0.15, 0.2) is 0 Å². The lowest BCUT2D eigenvalue weighted by Crippen LogP contribution is -2.37. The average molecular weight is 188 g/mol. The van der Waals surface area contributed by atoms with Crippen molar-refractivity contribution in [3.63, 3.8) is 0 Å². The van der Waals surface area contributed by atoms with E-state index in [0.29, 0.717) is 13.2 Å². The molecule has 0 aromatic carbocycles. The van der Waals surface area contributed by atoms with E-state index in [2.05, 4.69) is 10.6 Å². The standard InChI is InChI=1S/C9H20N2O2/c1-4-8(7-10-2)9(12)11-5-6-13-3/h8,10H,4-7H2,1-3H3,(H,11,12). The summed E-state index contributed by atoms with van der Waals surface area (Å²) in [6.45, 7) is 3.91. The number of carbonyl (C=O) groups excluding carboxylic acids is 1. The molecule has 0 bridgehead atoms. The number of hydrogen-bond donors (Lipinski definition) is 2. The first-order chi connectivity index (χ1) is 6.26. The topological polar surface area (TPSA) is 50.4 Å². The van der Waals surface area contributed by atoms with Gasteiger partial charge in [0.05, 0.1) is 12.5 Å². The molecule has 0 aliphatic carbocycles. The molecule has 0 saturated heterocycles. The molecule has 0 rings (SSSR count). The summed E-state index contributed by atoms with van der Waals surface area (Å²) in [5, 5.41) is 5.81. The second-order valence-electron chi connectivity index (χ2n) is 2.95. The summed E-state index contributed by atoms with van der Waals surface area (Å²) in [6.07, 6.45) is 0.861. The lowest BCUT2D eigenvalue weighted by molar-refractivity contribution is -0.125. The molecular formula is C9H20N2O2. The zero-order valence-electron chi connectivity index (χ0n) is 8.72. The molecule has 78 valence electrons. The molecular weight excluding hydrogens is 168 g/mol. The third-order valence-corrected chi connectivity index (χ3v) is 1.92. The molecule has 0 aliphatic heterocycles. The summed E-state index contributed by atoms with van der Waals surface area (Å²) >= 11 is 0. The van der Waals surface area contributed by atoms with Crippen molar-refractivity contribution in [3.05, 3.63) is 0 Å². The summed E-state index contributed by atoms with van der Waals surface area (Å²) in [5.74, 6) is 0.177. The third-order valence-electron chi connectivity index (χ3n) is 1.92. The zero-order valence-corrected chi connectivity index (χ0v) is 8.72. The first-order valence-corrected chi connectivity index (χ1v) is 4.67. The Morgan fingerprint density at radius 1 is 1.54 bits per heavy atom. The van der Waals surface area contributed by atoms with E-state index in [1.165, 1.54) is 0 Å². The van der Waals surface area contributed by atoms with Gasteiger partial charge in [0.1, 0.15) is 0 Å². The summed E-state index contributed by atoms with van der Waals surface area (Å²) in [7, 11) is 3.47. The van der Waals surface area contributed by atoms with Crippen molar-refractivity contribution in [2.45, 2.75) is 13.3 Å². The minimum atomic E-state index is 0.0712. The van der Waals surface area contributed by atoms with Gasteiger partial charge in [-0.05, 0) is 13.5 Å². The zero-order chi connectivity index (χ0) is 10.1. The van der Waals surface area contributed by atoms with Gasteiger partial charge in [-0.2, -0.15) is 0 Å². The fraction of sp³-hybridized carbons (Fsp3) is 0.889. The highest BCUT2D eigenvalue weighted by Gasteiger charge is 2.13. The van der Waals surface area contributed by atoms with Crippen LogP contribution in [0, 0.1) is 5.92 Å². The molecule has 4 heteroatoms. The second kappa shape index (κ2) is 8.01. The Balaban J connectivity index is 3.64. The third kappa shape index (κ3) is 5.60. The Morgan fingerprint density at radius 2 is 2.23 bits per heavy atom. The molecule has 0 heterocycles. The molecule has 0 aromatic heterocycles. The number of hydrogen-bond acceptors (Lipinski definition) is 3. The van der Waals surface area contributed by atoms with Crippen LogP contribution in [0.5, 0.6) is 0 Å². The Kier molecular flexibility index (Phi) is 7.63. The lowest BCUT2D eigenvalue weighted by atomic mass is 10.1. The number of rotatable bonds is 7. The molecule has 4 nitrogen and oxygen atoms in total. The maximum absolute atomic E-state index is 11.4. The van der Waals surface area contributed by atoms with E-state index in [4.69, 9.17) is 4.74 Å². The highest BCUT2D eigenvalue weighted by atomic mass is 16.5. The van der Waals surface area contributed by atoms with Gasteiger partial charge >= 0.3 is 0 Å². The Hall–Kier alpha value is -0.610. The van der Waals surface area contributed by atoms with Crippen LogP contribution < -0.4 is 10.6 Å². The molecule has 1 atom stereocenters. The van der Waals surface area contributed by atoms with Crippen LogP contribution in [0.2, 0.25) is 0 Å². The van der Waals surface area contributed by atoms with Gasteiger partial charge in [0, 0.05) is 20.2 Å². The molecule has 1 unspecified atom stereocenters. The quantitative estimate of drug-likeness (QED) is 0.553. The molecule has 13 heavy (non-hydrogen) atoms. The van der Waals surface area contributed by atoms with E-state index < -0.39 is 0 Å². The minimum Gasteiger partial charge on any atom is -0.383 e. The van der Waals surface area contributed by atoms with Crippen molar-refractivity contribution in [1.29, 1.82) is 0 Å². The van der Waals surface area contributed by atoms with Crippen molar-refractivity contribution < 1.29 is 9.53 Å². The largest absolute Gasteiger partial charge is 0.383 e. The van der Waals surface area contributed by atoms with Crippen molar-refractivity contribution in [1.82, 2.24) is 10.6 Å². The van der Waals surface area contributed by atoms with Crippen molar-refractivity contribution in [2.24, 2.45) is 5.92 Å². The summed E-state index contributed by atoms with van der Waals surface area (Å²) < 4.78 is 4.84. The van der Waals surface area contributed by atoms with Crippen LogP contribution >= 0.6 is 0 Å². The normalized spacial score (nSPS) is 12.5. The number of nitrogens with one attached hydrogen (secondary N) is 2. The van der Waals surface area contributed by atoms with Gasteiger partial charge in [-0.1, -0.05) is 6.92 Å². The van der Waals surface area contributed by atoms with Crippen LogP contribution in [0.15, 0.2) is 0 Å². The van der Waals surface area contributed by atoms with Gasteiger partial charge in [-0.25, -0.2) is 0 Å². The molecule has 1 amide bonds. The monoisotopic (exact) mass is 188 g/mol. The van der Waals surface area contributed by atoms with E-state index in [1.807, 2.05) is 14.0 Å². The van der Waals surface area contributed by atoms with E-state index in [9.17, 15) is 4.79 Å². The van der Waals surface area contributed by atoms with E-state index in [-0.39, 0.29) is 11.8 Å². The second-order valence-corrected chi connectivity index (χ2v) is 2.95. The Morgan fingerprint density at radius 3 is 2.69 bits per heavy atom. The number of ether oxygens (including phenoxy) is 1. The van der Waals surface area contributed by atoms with Crippen molar-refractivity contribution in [2.75, 3.05) is 33.9 Å². The molecule has 0 spiro atoms. The average Bonchev–Trinajstić information content (AvgIpc) is 2.14.